The zero-order valence-electron chi connectivity index (χ0n) is 14.2. The van der Waals surface area contributed by atoms with Crippen molar-refractivity contribution >= 4 is 21.4 Å². The van der Waals surface area contributed by atoms with Crippen LogP contribution in [-0.4, -0.2) is 29.1 Å². The topological polar surface area (TPSA) is 82.0 Å². The average molecular weight is 402 g/mol. The summed E-state index contributed by atoms with van der Waals surface area (Å²) in [4.78, 5) is 12.3. The molecule has 8 heteroatoms. The zero-order chi connectivity index (χ0) is 19.3. The van der Waals surface area contributed by atoms with E-state index in [0.29, 0.717) is 18.1 Å². The van der Waals surface area contributed by atoms with E-state index in [0.717, 1.165) is 5.56 Å². The van der Waals surface area contributed by atoms with E-state index in [1.54, 1.807) is 0 Å². The highest BCUT2D eigenvalue weighted by Crippen LogP contribution is 2.28. The molecule has 1 aromatic carbocycles. The SMILES string of the molecule is C=CCS(=O)(=O)c1cc(OCc2ccccc2)cnc1-c1cnc(Cl)cn1. The van der Waals surface area contributed by atoms with Crippen molar-refractivity contribution in [3.05, 3.63) is 78.4 Å². The maximum absolute atomic E-state index is 12.7. The molecule has 0 radical (unpaired) electrons. The number of aromatic nitrogens is 3. The second-order valence-corrected chi connectivity index (χ2v) is 7.98. The summed E-state index contributed by atoms with van der Waals surface area (Å²) in [6.07, 6.45) is 5.50. The van der Waals surface area contributed by atoms with Gasteiger partial charge in [0.15, 0.2) is 9.84 Å². The second kappa shape index (κ2) is 8.28. The summed E-state index contributed by atoms with van der Waals surface area (Å²) < 4.78 is 31.1. The molecule has 0 N–H and O–H groups in total. The van der Waals surface area contributed by atoms with E-state index in [-0.39, 0.29) is 21.5 Å². The number of benzene rings is 1. The molecule has 138 valence electrons. The Morgan fingerprint density at radius 3 is 2.52 bits per heavy atom. The Morgan fingerprint density at radius 1 is 1.07 bits per heavy atom. The van der Waals surface area contributed by atoms with Crippen molar-refractivity contribution in [2.75, 3.05) is 5.75 Å². The molecule has 2 aromatic heterocycles. The minimum atomic E-state index is -3.67. The summed E-state index contributed by atoms with van der Waals surface area (Å²) in [5.41, 5.74) is 1.45. The molecule has 0 spiro atoms. The Hall–Kier alpha value is -2.77. The third-order valence-corrected chi connectivity index (χ3v) is 5.46. The molecule has 3 aromatic rings. The van der Waals surface area contributed by atoms with Crippen LogP contribution in [0.15, 0.2) is 72.5 Å². The van der Waals surface area contributed by atoms with Gasteiger partial charge in [-0.3, -0.25) is 0 Å². The molecule has 0 aliphatic carbocycles. The number of rotatable bonds is 7. The molecular weight excluding hydrogens is 386 g/mol. The Labute approximate surface area is 162 Å². The number of sulfone groups is 1. The van der Waals surface area contributed by atoms with Gasteiger partial charge < -0.3 is 4.74 Å². The minimum absolute atomic E-state index is 0.00424. The Kier molecular flexibility index (Phi) is 5.83. The number of hydrogen-bond acceptors (Lipinski definition) is 6. The predicted molar refractivity (Wildman–Crippen MR) is 103 cm³/mol. The lowest BCUT2D eigenvalue weighted by atomic mass is 10.2. The van der Waals surface area contributed by atoms with Gasteiger partial charge in [0.25, 0.3) is 0 Å². The number of nitrogens with zero attached hydrogens (tertiary/aromatic N) is 3. The molecule has 0 bridgehead atoms. The fourth-order valence-electron chi connectivity index (χ4n) is 2.36. The van der Waals surface area contributed by atoms with Gasteiger partial charge in [0.1, 0.15) is 28.9 Å². The van der Waals surface area contributed by atoms with Crippen LogP contribution in [0.2, 0.25) is 5.15 Å². The minimum Gasteiger partial charge on any atom is -0.487 e. The highest BCUT2D eigenvalue weighted by atomic mass is 35.5. The van der Waals surface area contributed by atoms with Crippen LogP contribution in [0.4, 0.5) is 0 Å². The van der Waals surface area contributed by atoms with Crippen LogP contribution >= 0.6 is 11.6 Å². The molecule has 0 fully saturated rings. The number of pyridine rings is 1. The van der Waals surface area contributed by atoms with Crippen molar-refractivity contribution in [1.82, 2.24) is 15.0 Å². The summed E-state index contributed by atoms with van der Waals surface area (Å²) in [5, 5.41) is 0.206. The maximum Gasteiger partial charge on any atom is 0.184 e. The summed E-state index contributed by atoms with van der Waals surface area (Å²) in [6, 6.07) is 11.0. The lowest BCUT2D eigenvalue weighted by Crippen LogP contribution is -2.09. The van der Waals surface area contributed by atoms with Crippen LogP contribution in [0.3, 0.4) is 0 Å². The normalized spacial score (nSPS) is 11.1. The van der Waals surface area contributed by atoms with E-state index < -0.39 is 9.84 Å². The number of ether oxygens (including phenoxy) is 1. The first-order chi connectivity index (χ1) is 13.0. The molecule has 0 atom stereocenters. The third kappa shape index (κ3) is 4.69. The van der Waals surface area contributed by atoms with Gasteiger partial charge in [-0.1, -0.05) is 48.0 Å². The third-order valence-electron chi connectivity index (χ3n) is 3.61. The Balaban J connectivity index is 1.99. The summed E-state index contributed by atoms with van der Waals surface area (Å²) in [6.45, 7) is 3.80. The van der Waals surface area contributed by atoms with E-state index in [1.807, 2.05) is 30.3 Å². The first kappa shape index (κ1) is 19.0. The first-order valence-electron chi connectivity index (χ1n) is 7.98. The van der Waals surface area contributed by atoms with Crippen LogP contribution in [0.25, 0.3) is 11.4 Å². The van der Waals surface area contributed by atoms with Crippen LogP contribution in [0.1, 0.15) is 5.56 Å². The smallest absolute Gasteiger partial charge is 0.184 e. The molecule has 6 nitrogen and oxygen atoms in total. The van der Waals surface area contributed by atoms with Crippen molar-refractivity contribution in [3.8, 4) is 17.1 Å². The Bertz CT molecular complexity index is 1040. The quantitative estimate of drug-likeness (QED) is 0.561. The molecule has 0 amide bonds. The standard InChI is InChI=1S/C19H16ClN3O3S/c1-2-8-27(24,25)17-9-15(26-13-14-6-4-3-5-7-14)10-23-19(17)16-11-22-18(20)12-21-16/h2-7,9-12H,1,8,13H2. The molecule has 0 aliphatic heterocycles. The molecular formula is C19H16ClN3O3S. The van der Waals surface area contributed by atoms with Crippen LogP contribution < -0.4 is 4.74 Å². The molecule has 27 heavy (non-hydrogen) atoms. The second-order valence-electron chi connectivity index (χ2n) is 5.59. The first-order valence-corrected chi connectivity index (χ1v) is 10.0. The monoisotopic (exact) mass is 401 g/mol. The highest BCUT2D eigenvalue weighted by molar-refractivity contribution is 7.91. The van der Waals surface area contributed by atoms with Gasteiger partial charge in [-0.05, 0) is 5.56 Å². The van der Waals surface area contributed by atoms with E-state index in [4.69, 9.17) is 16.3 Å². The van der Waals surface area contributed by atoms with Gasteiger partial charge in [-0.15, -0.1) is 6.58 Å². The molecule has 0 unspecified atom stereocenters. The summed E-state index contributed by atoms with van der Waals surface area (Å²) in [5.74, 6) is 0.109. The largest absolute Gasteiger partial charge is 0.487 e. The lowest BCUT2D eigenvalue weighted by molar-refractivity contribution is 0.304. The summed E-state index contributed by atoms with van der Waals surface area (Å²) >= 11 is 5.76. The van der Waals surface area contributed by atoms with E-state index in [2.05, 4.69) is 21.5 Å². The van der Waals surface area contributed by atoms with Crippen molar-refractivity contribution in [2.24, 2.45) is 0 Å². The van der Waals surface area contributed by atoms with Gasteiger partial charge >= 0.3 is 0 Å². The number of hydrogen-bond donors (Lipinski definition) is 0. The maximum atomic E-state index is 12.7. The predicted octanol–water partition coefficient (Wildman–Crippen LogP) is 3.73. The fourth-order valence-corrected chi connectivity index (χ4v) is 3.69. The van der Waals surface area contributed by atoms with E-state index in [1.165, 1.54) is 30.7 Å². The van der Waals surface area contributed by atoms with E-state index in [9.17, 15) is 8.42 Å². The number of halogens is 1. The molecule has 0 saturated heterocycles. The highest BCUT2D eigenvalue weighted by Gasteiger charge is 2.22. The van der Waals surface area contributed by atoms with Crippen LogP contribution in [0, 0.1) is 0 Å². The van der Waals surface area contributed by atoms with Gasteiger partial charge in [0.05, 0.1) is 29.2 Å². The van der Waals surface area contributed by atoms with Crippen molar-refractivity contribution in [2.45, 2.75) is 11.5 Å². The van der Waals surface area contributed by atoms with Crippen LogP contribution in [-0.2, 0) is 16.4 Å². The van der Waals surface area contributed by atoms with Gasteiger partial charge in [-0.25, -0.2) is 23.4 Å². The molecule has 2 heterocycles. The average Bonchev–Trinajstić information content (AvgIpc) is 2.68. The van der Waals surface area contributed by atoms with E-state index >= 15 is 0 Å². The molecule has 3 rings (SSSR count). The molecule has 0 aliphatic rings. The lowest BCUT2D eigenvalue weighted by Gasteiger charge is -2.12. The van der Waals surface area contributed by atoms with Crippen molar-refractivity contribution in [3.63, 3.8) is 0 Å². The van der Waals surface area contributed by atoms with Gasteiger partial charge in [0.2, 0.25) is 0 Å². The van der Waals surface area contributed by atoms with Crippen molar-refractivity contribution in [1.29, 1.82) is 0 Å². The van der Waals surface area contributed by atoms with Crippen molar-refractivity contribution < 1.29 is 13.2 Å². The Morgan fingerprint density at radius 2 is 1.85 bits per heavy atom. The zero-order valence-corrected chi connectivity index (χ0v) is 15.8. The fraction of sp³-hybridized carbons (Fsp3) is 0.105. The summed E-state index contributed by atoms with van der Waals surface area (Å²) in [7, 11) is -3.67. The molecule has 0 saturated carbocycles. The van der Waals surface area contributed by atoms with Gasteiger partial charge in [0, 0.05) is 6.07 Å². The van der Waals surface area contributed by atoms with Gasteiger partial charge in [-0.2, -0.15) is 0 Å². The van der Waals surface area contributed by atoms with Crippen LogP contribution in [0.5, 0.6) is 5.75 Å².